The van der Waals surface area contributed by atoms with Gasteiger partial charge in [0.25, 0.3) is 0 Å². The summed E-state index contributed by atoms with van der Waals surface area (Å²) in [6.45, 7) is 0.456. The lowest BCUT2D eigenvalue weighted by Crippen LogP contribution is -2.28. The minimum Gasteiger partial charge on any atom is -0.497 e. The van der Waals surface area contributed by atoms with Crippen LogP contribution in [-0.2, 0) is 6.54 Å². The van der Waals surface area contributed by atoms with Crippen molar-refractivity contribution in [3.63, 3.8) is 0 Å². The molecule has 0 unspecified atom stereocenters. The summed E-state index contributed by atoms with van der Waals surface area (Å²) in [5.74, 6) is 0.702. The zero-order valence-corrected chi connectivity index (χ0v) is 12.6. The van der Waals surface area contributed by atoms with Gasteiger partial charge in [-0.3, -0.25) is 0 Å². The van der Waals surface area contributed by atoms with E-state index in [9.17, 15) is 4.79 Å². The largest absolute Gasteiger partial charge is 0.497 e. The third kappa shape index (κ3) is 3.99. The predicted octanol–water partition coefficient (Wildman–Crippen LogP) is 3.78. The van der Waals surface area contributed by atoms with E-state index in [1.165, 1.54) is 0 Å². The van der Waals surface area contributed by atoms with Crippen LogP contribution < -0.4 is 15.4 Å². The smallest absolute Gasteiger partial charge is 0.319 e. The molecular weight excluding hydrogens is 320 g/mol. The highest BCUT2D eigenvalue weighted by Gasteiger charge is 2.04. The first kappa shape index (κ1) is 14.4. The number of methoxy groups -OCH3 is 1. The molecule has 0 spiro atoms. The number of amides is 2. The fourth-order valence-corrected chi connectivity index (χ4v) is 2.12. The van der Waals surface area contributed by atoms with Crippen LogP contribution in [0.2, 0.25) is 0 Å². The number of urea groups is 1. The maximum absolute atomic E-state index is 11.8. The minimum atomic E-state index is -0.256. The highest BCUT2D eigenvalue weighted by atomic mass is 79.9. The first-order valence-corrected chi connectivity index (χ1v) is 6.90. The minimum absolute atomic E-state index is 0.256. The molecule has 0 bridgehead atoms. The van der Waals surface area contributed by atoms with Crippen LogP contribution in [0.3, 0.4) is 0 Å². The molecule has 2 aromatic carbocycles. The number of halogens is 1. The van der Waals surface area contributed by atoms with Gasteiger partial charge in [-0.15, -0.1) is 0 Å². The summed E-state index contributed by atoms with van der Waals surface area (Å²) >= 11 is 3.44. The van der Waals surface area contributed by atoms with Crippen molar-refractivity contribution in [1.82, 2.24) is 5.32 Å². The average molecular weight is 335 g/mol. The normalized spacial score (nSPS) is 9.90. The number of carbonyl (C=O) groups excluding carboxylic acids is 1. The molecule has 0 saturated heterocycles. The van der Waals surface area contributed by atoms with Gasteiger partial charge in [0.05, 0.1) is 7.11 Å². The number of nitrogens with one attached hydrogen (secondary N) is 2. The molecule has 104 valence electrons. The molecule has 0 saturated carbocycles. The van der Waals surface area contributed by atoms with E-state index < -0.39 is 0 Å². The quantitative estimate of drug-likeness (QED) is 0.893. The molecular formula is C15H15BrN2O2. The Morgan fingerprint density at radius 1 is 1.20 bits per heavy atom. The Morgan fingerprint density at radius 3 is 2.75 bits per heavy atom. The fraction of sp³-hybridized carbons (Fsp3) is 0.133. The third-order valence-corrected chi connectivity index (χ3v) is 3.50. The van der Waals surface area contributed by atoms with E-state index in [2.05, 4.69) is 26.6 Å². The number of anilines is 1. The van der Waals surface area contributed by atoms with Crippen molar-refractivity contribution in [1.29, 1.82) is 0 Å². The lowest BCUT2D eigenvalue weighted by atomic mass is 10.2. The van der Waals surface area contributed by atoms with E-state index >= 15 is 0 Å². The molecule has 0 aliphatic rings. The Kier molecular flexibility index (Phi) is 5.01. The van der Waals surface area contributed by atoms with Crippen LogP contribution in [0.25, 0.3) is 0 Å². The van der Waals surface area contributed by atoms with Gasteiger partial charge >= 0.3 is 6.03 Å². The van der Waals surface area contributed by atoms with E-state index in [4.69, 9.17) is 4.74 Å². The van der Waals surface area contributed by atoms with Crippen molar-refractivity contribution in [3.8, 4) is 5.75 Å². The topological polar surface area (TPSA) is 50.4 Å². The zero-order chi connectivity index (χ0) is 14.4. The summed E-state index contributed by atoms with van der Waals surface area (Å²) in [7, 11) is 1.59. The highest BCUT2D eigenvalue weighted by Crippen LogP contribution is 2.17. The van der Waals surface area contributed by atoms with Crippen LogP contribution in [0.1, 0.15) is 5.56 Å². The second-order valence-electron chi connectivity index (χ2n) is 4.13. The molecule has 20 heavy (non-hydrogen) atoms. The molecule has 0 aliphatic heterocycles. The van der Waals surface area contributed by atoms with Crippen molar-refractivity contribution >= 4 is 27.6 Å². The molecule has 4 nitrogen and oxygen atoms in total. The molecule has 2 aromatic rings. The Hall–Kier alpha value is -2.01. The Bertz CT molecular complexity index is 602. The summed E-state index contributed by atoms with van der Waals surface area (Å²) < 4.78 is 6.08. The first-order chi connectivity index (χ1) is 9.69. The summed E-state index contributed by atoms with van der Waals surface area (Å²) in [4.78, 5) is 11.8. The second kappa shape index (κ2) is 6.96. The van der Waals surface area contributed by atoms with E-state index in [-0.39, 0.29) is 6.03 Å². The Labute approximate surface area is 126 Å². The molecule has 0 fully saturated rings. The summed E-state index contributed by atoms with van der Waals surface area (Å²) in [6.07, 6.45) is 0. The molecule has 0 aliphatic carbocycles. The number of hydrogen-bond acceptors (Lipinski definition) is 2. The molecule has 5 heteroatoms. The van der Waals surface area contributed by atoms with Gasteiger partial charge in [-0.2, -0.15) is 0 Å². The Balaban J connectivity index is 1.91. The van der Waals surface area contributed by atoms with Gasteiger partial charge in [0.1, 0.15) is 5.75 Å². The van der Waals surface area contributed by atoms with Gasteiger partial charge in [-0.1, -0.05) is 40.2 Å². The molecule has 2 amide bonds. The lowest BCUT2D eigenvalue weighted by Gasteiger charge is -2.09. The van der Waals surface area contributed by atoms with E-state index in [0.29, 0.717) is 18.0 Å². The molecule has 2 rings (SSSR count). The highest BCUT2D eigenvalue weighted by molar-refractivity contribution is 9.10. The van der Waals surface area contributed by atoms with Crippen LogP contribution in [0.4, 0.5) is 10.5 Å². The van der Waals surface area contributed by atoms with Crippen molar-refractivity contribution in [2.75, 3.05) is 12.4 Å². The third-order valence-electron chi connectivity index (χ3n) is 2.72. The number of carbonyl (C=O) groups is 1. The number of hydrogen-bond donors (Lipinski definition) is 2. The fourth-order valence-electron chi connectivity index (χ4n) is 1.69. The first-order valence-electron chi connectivity index (χ1n) is 6.11. The predicted molar refractivity (Wildman–Crippen MR) is 83.0 cm³/mol. The second-order valence-corrected chi connectivity index (χ2v) is 4.99. The van der Waals surface area contributed by atoms with Crippen LogP contribution in [0, 0.1) is 0 Å². The summed E-state index contributed by atoms with van der Waals surface area (Å²) in [6, 6.07) is 14.7. The van der Waals surface area contributed by atoms with Crippen LogP contribution in [-0.4, -0.2) is 13.1 Å². The van der Waals surface area contributed by atoms with Crippen molar-refractivity contribution in [2.45, 2.75) is 6.54 Å². The standard InChI is InChI=1S/C15H15BrN2O2/c1-20-13-7-4-6-12(9-13)18-15(19)17-10-11-5-2-3-8-14(11)16/h2-9H,10H2,1H3,(H2,17,18,19). The van der Waals surface area contributed by atoms with Crippen molar-refractivity contribution in [3.05, 3.63) is 58.6 Å². The van der Waals surface area contributed by atoms with Crippen LogP contribution >= 0.6 is 15.9 Å². The Morgan fingerprint density at radius 2 is 2.00 bits per heavy atom. The van der Waals surface area contributed by atoms with E-state index in [1.807, 2.05) is 36.4 Å². The van der Waals surface area contributed by atoms with E-state index in [1.54, 1.807) is 19.2 Å². The van der Waals surface area contributed by atoms with Crippen molar-refractivity contribution < 1.29 is 9.53 Å². The van der Waals surface area contributed by atoms with Gasteiger partial charge in [0.15, 0.2) is 0 Å². The maximum atomic E-state index is 11.8. The zero-order valence-electron chi connectivity index (χ0n) is 11.0. The van der Waals surface area contributed by atoms with Gasteiger partial charge in [0.2, 0.25) is 0 Å². The molecule has 0 heterocycles. The molecule has 0 radical (unpaired) electrons. The van der Waals surface area contributed by atoms with Gasteiger partial charge in [0, 0.05) is 22.8 Å². The molecule has 2 N–H and O–H groups in total. The van der Waals surface area contributed by atoms with E-state index in [0.717, 1.165) is 10.0 Å². The summed E-state index contributed by atoms with van der Waals surface area (Å²) in [5.41, 5.74) is 1.71. The van der Waals surface area contributed by atoms with Crippen LogP contribution in [0.15, 0.2) is 53.0 Å². The number of ether oxygens (including phenoxy) is 1. The molecule has 0 aromatic heterocycles. The lowest BCUT2D eigenvalue weighted by molar-refractivity contribution is 0.251. The van der Waals surface area contributed by atoms with Gasteiger partial charge in [-0.25, -0.2) is 4.79 Å². The van der Waals surface area contributed by atoms with Crippen LogP contribution in [0.5, 0.6) is 5.75 Å². The number of rotatable bonds is 4. The maximum Gasteiger partial charge on any atom is 0.319 e. The average Bonchev–Trinajstić information content (AvgIpc) is 2.46. The van der Waals surface area contributed by atoms with Crippen molar-refractivity contribution in [2.24, 2.45) is 0 Å². The SMILES string of the molecule is COc1cccc(NC(=O)NCc2ccccc2Br)c1. The van der Waals surface area contributed by atoms with Gasteiger partial charge < -0.3 is 15.4 Å². The summed E-state index contributed by atoms with van der Waals surface area (Å²) in [5, 5.41) is 5.57. The number of benzene rings is 2. The van der Waals surface area contributed by atoms with Gasteiger partial charge in [-0.05, 0) is 23.8 Å². The monoisotopic (exact) mass is 334 g/mol. The molecule has 0 atom stereocenters.